The van der Waals surface area contributed by atoms with Gasteiger partial charge in [-0.1, -0.05) is 6.07 Å². The number of hydrogen-bond donors (Lipinski definition) is 2. The van der Waals surface area contributed by atoms with E-state index in [-0.39, 0.29) is 6.03 Å². The molecule has 2 heterocycles. The number of methoxy groups -OCH3 is 1. The van der Waals surface area contributed by atoms with Gasteiger partial charge in [0, 0.05) is 37.7 Å². The molecule has 1 aromatic heterocycles. The van der Waals surface area contributed by atoms with Crippen LogP contribution in [0.1, 0.15) is 12.8 Å². The number of urea groups is 1. The SMILES string of the molecule is COc1cccc(NC(=O)Nc2cnn(CC3CCOCC3)c2)c1. The topological polar surface area (TPSA) is 77.4 Å². The molecule has 1 aliphatic rings. The van der Waals surface area contributed by atoms with Crippen LogP contribution in [0, 0.1) is 5.92 Å². The zero-order valence-corrected chi connectivity index (χ0v) is 13.7. The van der Waals surface area contributed by atoms with Crippen molar-refractivity contribution in [1.29, 1.82) is 0 Å². The van der Waals surface area contributed by atoms with E-state index in [1.54, 1.807) is 25.4 Å². The zero-order valence-electron chi connectivity index (χ0n) is 13.7. The molecule has 0 aliphatic carbocycles. The molecule has 2 amide bonds. The van der Waals surface area contributed by atoms with E-state index < -0.39 is 0 Å². The number of ether oxygens (including phenoxy) is 2. The third-order valence-electron chi connectivity index (χ3n) is 4.00. The lowest BCUT2D eigenvalue weighted by atomic mass is 10.0. The van der Waals surface area contributed by atoms with Gasteiger partial charge in [0.25, 0.3) is 0 Å². The van der Waals surface area contributed by atoms with E-state index in [0.29, 0.717) is 23.0 Å². The van der Waals surface area contributed by atoms with Gasteiger partial charge in [0.2, 0.25) is 0 Å². The Morgan fingerprint density at radius 1 is 1.33 bits per heavy atom. The van der Waals surface area contributed by atoms with Gasteiger partial charge in [0.15, 0.2) is 0 Å². The maximum atomic E-state index is 12.1. The van der Waals surface area contributed by atoms with Crippen molar-refractivity contribution in [2.45, 2.75) is 19.4 Å². The second-order valence-corrected chi connectivity index (χ2v) is 5.82. The Morgan fingerprint density at radius 2 is 2.12 bits per heavy atom. The van der Waals surface area contributed by atoms with Crippen molar-refractivity contribution >= 4 is 17.4 Å². The zero-order chi connectivity index (χ0) is 16.8. The number of anilines is 2. The van der Waals surface area contributed by atoms with Crippen LogP contribution in [0.5, 0.6) is 5.75 Å². The van der Waals surface area contributed by atoms with Gasteiger partial charge in [-0.05, 0) is 30.9 Å². The van der Waals surface area contributed by atoms with Crippen molar-refractivity contribution in [3.63, 3.8) is 0 Å². The number of benzene rings is 1. The second-order valence-electron chi connectivity index (χ2n) is 5.82. The molecule has 1 aliphatic heterocycles. The Labute approximate surface area is 140 Å². The average Bonchev–Trinajstić information content (AvgIpc) is 3.02. The normalized spacial score (nSPS) is 15.0. The van der Waals surface area contributed by atoms with Gasteiger partial charge in [0.1, 0.15) is 5.75 Å². The van der Waals surface area contributed by atoms with E-state index in [0.717, 1.165) is 32.6 Å². The van der Waals surface area contributed by atoms with Crippen LogP contribution in [0.25, 0.3) is 0 Å². The van der Waals surface area contributed by atoms with E-state index in [2.05, 4.69) is 15.7 Å². The molecule has 1 saturated heterocycles. The van der Waals surface area contributed by atoms with E-state index in [1.807, 2.05) is 23.0 Å². The summed E-state index contributed by atoms with van der Waals surface area (Å²) in [6.45, 7) is 2.49. The molecule has 1 fully saturated rings. The summed E-state index contributed by atoms with van der Waals surface area (Å²) >= 11 is 0. The number of rotatable bonds is 5. The van der Waals surface area contributed by atoms with Crippen LogP contribution in [-0.2, 0) is 11.3 Å². The fourth-order valence-corrected chi connectivity index (χ4v) is 2.72. The second kappa shape index (κ2) is 7.83. The lowest BCUT2D eigenvalue weighted by Gasteiger charge is -2.21. The molecule has 3 rings (SSSR count). The van der Waals surface area contributed by atoms with Crippen molar-refractivity contribution in [2.75, 3.05) is 31.0 Å². The standard InChI is InChI=1S/C17H22N4O3/c1-23-16-4-2-3-14(9-16)19-17(22)20-15-10-18-21(12-15)11-13-5-7-24-8-6-13/h2-4,9-10,12-13H,5-8,11H2,1H3,(H2,19,20,22). The molecule has 0 radical (unpaired) electrons. The minimum atomic E-state index is -0.311. The summed E-state index contributed by atoms with van der Waals surface area (Å²) < 4.78 is 12.4. The third kappa shape index (κ3) is 4.48. The largest absolute Gasteiger partial charge is 0.497 e. The minimum absolute atomic E-state index is 0.311. The van der Waals surface area contributed by atoms with Gasteiger partial charge in [-0.2, -0.15) is 5.10 Å². The summed E-state index contributed by atoms with van der Waals surface area (Å²) in [4.78, 5) is 12.1. The van der Waals surface area contributed by atoms with E-state index in [9.17, 15) is 4.79 Å². The van der Waals surface area contributed by atoms with Crippen molar-refractivity contribution in [1.82, 2.24) is 9.78 Å². The van der Waals surface area contributed by atoms with E-state index >= 15 is 0 Å². The highest BCUT2D eigenvalue weighted by molar-refractivity contribution is 5.99. The highest BCUT2D eigenvalue weighted by Gasteiger charge is 2.15. The van der Waals surface area contributed by atoms with Gasteiger partial charge >= 0.3 is 6.03 Å². The van der Waals surface area contributed by atoms with E-state index in [1.165, 1.54) is 0 Å². The third-order valence-corrected chi connectivity index (χ3v) is 4.00. The van der Waals surface area contributed by atoms with Crippen LogP contribution in [0.3, 0.4) is 0 Å². The molecule has 7 heteroatoms. The van der Waals surface area contributed by atoms with Gasteiger partial charge < -0.3 is 20.1 Å². The summed E-state index contributed by atoms with van der Waals surface area (Å²) in [6, 6.07) is 6.89. The smallest absolute Gasteiger partial charge is 0.323 e. The molecule has 0 atom stereocenters. The number of amides is 2. The number of carbonyl (C=O) groups is 1. The summed E-state index contributed by atoms with van der Waals surface area (Å²) in [6.07, 6.45) is 5.61. The first-order valence-corrected chi connectivity index (χ1v) is 8.05. The van der Waals surface area contributed by atoms with Crippen LogP contribution in [-0.4, -0.2) is 36.1 Å². The number of nitrogens with zero attached hydrogens (tertiary/aromatic N) is 2. The maximum absolute atomic E-state index is 12.1. The predicted molar refractivity (Wildman–Crippen MR) is 91.4 cm³/mol. The lowest BCUT2D eigenvalue weighted by molar-refractivity contribution is 0.0601. The lowest BCUT2D eigenvalue weighted by Crippen LogP contribution is -2.21. The molecule has 0 spiro atoms. The van der Waals surface area contributed by atoms with Crippen LogP contribution >= 0.6 is 0 Å². The van der Waals surface area contributed by atoms with Gasteiger partial charge in [-0.15, -0.1) is 0 Å². The Balaban J connectivity index is 1.52. The summed E-state index contributed by atoms with van der Waals surface area (Å²) in [7, 11) is 1.59. The minimum Gasteiger partial charge on any atom is -0.497 e. The molecular formula is C17H22N4O3. The quantitative estimate of drug-likeness (QED) is 0.883. The molecule has 2 N–H and O–H groups in total. The molecule has 2 aromatic rings. The summed E-state index contributed by atoms with van der Waals surface area (Å²) in [5.41, 5.74) is 1.34. The van der Waals surface area contributed by atoms with Crippen molar-refractivity contribution in [3.8, 4) is 5.75 Å². The number of aromatic nitrogens is 2. The first-order valence-electron chi connectivity index (χ1n) is 8.05. The first kappa shape index (κ1) is 16.3. The molecule has 7 nitrogen and oxygen atoms in total. The summed E-state index contributed by atoms with van der Waals surface area (Å²) in [5, 5.41) is 9.87. The molecular weight excluding hydrogens is 308 g/mol. The fourth-order valence-electron chi connectivity index (χ4n) is 2.72. The Morgan fingerprint density at radius 3 is 2.92 bits per heavy atom. The highest BCUT2D eigenvalue weighted by Crippen LogP contribution is 2.19. The van der Waals surface area contributed by atoms with E-state index in [4.69, 9.17) is 9.47 Å². The highest BCUT2D eigenvalue weighted by atomic mass is 16.5. The first-order chi connectivity index (χ1) is 11.7. The number of hydrogen-bond acceptors (Lipinski definition) is 4. The molecule has 128 valence electrons. The molecule has 1 aromatic carbocycles. The average molecular weight is 330 g/mol. The van der Waals surface area contributed by atoms with Crippen LogP contribution in [0.2, 0.25) is 0 Å². The predicted octanol–water partition coefficient (Wildman–Crippen LogP) is 2.96. The van der Waals surface area contributed by atoms with Crippen LogP contribution in [0.4, 0.5) is 16.2 Å². The van der Waals surface area contributed by atoms with Crippen molar-refractivity contribution < 1.29 is 14.3 Å². The van der Waals surface area contributed by atoms with Gasteiger partial charge in [-0.3, -0.25) is 4.68 Å². The van der Waals surface area contributed by atoms with Crippen molar-refractivity contribution in [2.24, 2.45) is 5.92 Å². The molecule has 0 saturated carbocycles. The maximum Gasteiger partial charge on any atom is 0.323 e. The van der Waals surface area contributed by atoms with Crippen LogP contribution in [0.15, 0.2) is 36.7 Å². The number of nitrogens with one attached hydrogen (secondary N) is 2. The molecule has 24 heavy (non-hydrogen) atoms. The molecule has 0 bridgehead atoms. The van der Waals surface area contributed by atoms with Gasteiger partial charge in [-0.25, -0.2) is 4.79 Å². The van der Waals surface area contributed by atoms with Crippen LogP contribution < -0.4 is 15.4 Å². The number of carbonyl (C=O) groups excluding carboxylic acids is 1. The Bertz CT molecular complexity index is 680. The Hall–Kier alpha value is -2.54. The van der Waals surface area contributed by atoms with Gasteiger partial charge in [0.05, 0.1) is 19.0 Å². The molecule has 0 unspecified atom stereocenters. The Kier molecular flexibility index (Phi) is 5.32. The summed E-state index contributed by atoms with van der Waals surface area (Å²) in [5.74, 6) is 1.27. The fraction of sp³-hybridized carbons (Fsp3) is 0.412. The monoisotopic (exact) mass is 330 g/mol. The van der Waals surface area contributed by atoms with Crippen molar-refractivity contribution in [3.05, 3.63) is 36.7 Å².